The summed E-state index contributed by atoms with van der Waals surface area (Å²) in [6.07, 6.45) is 6.24. The first-order valence-corrected chi connectivity index (χ1v) is 6.55. The minimum atomic E-state index is 0.0682. The Morgan fingerprint density at radius 1 is 1.19 bits per heavy atom. The van der Waals surface area contributed by atoms with Crippen LogP contribution in [0, 0.1) is 11.8 Å². The predicted octanol–water partition coefficient (Wildman–Crippen LogP) is 4.17. The van der Waals surface area contributed by atoms with Gasteiger partial charge in [-0.15, -0.1) is 0 Å². The van der Waals surface area contributed by atoms with Gasteiger partial charge in [0, 0.05) is 11.1 Å². The lowest BCUT2D eigenvalue weighted by molar-refractivity contribution is 0.0548. The van der Waals surface area contributed by atoms with Gasteiger partial charge in [0.15, 0.2) is 0 Å². The second-order valence-electron chi connectivity index (χ2n) is 5.02. The maximum Gasteiger partial charge on any atom is 0.0409 e. The van der Waals surface area contributed by atoms with Crippen molar-refractivity contribution in [2.75, 3.05) is 0 Å². The van der Waals surface area contributed by atoms with Gasteiger partial charge < -0.3 is 5.73 Å². The molecule has 2 N–H and O–H groups in total. The van der Waals surface area contributed by atoms with Crippen molar-refractivity contribution < 1.29 is 0 Å². The third-order valence-electron chi connectivity index (χ3n) is 3.86. The minimum absolute atomic E-state index is 0.0682. The summed E-state index contributed by atoms with van der Waals surface area (Å²) in [7, 11) is 0. The standard InChI is InChI=1S/C8H10ClN.C6H10/c1-6(10)7-3-2-4-8(9)5-7;1-2-6-4-3-5(1)6/h2-6H,10H2,1H3;5-6H,1-4H2. The van der Waals surface area contributed by atoms with Crippen LogP contribution in [0.25, 0.3) is 0 Å². The molecule has 0 radical (unpaired) electrons. The number of fused-ring (bicyclic) bond motifs is 1. The summed E-state index contributed by atoms with van der Waals surface area (Å²) in [5, 5.41) is 0.745. The van der Waals surface area contributed by atoms with Gasteiger partial charge >= 0.3 is 0 Å². The Morgan fingerprint density at radius 2 is 1.75 bits per heavy atom. The van der Waals surface area contributed by atoms with Gasteiger partial charge in [-0.1, -0.05) is 23.7 Å². The normalized spacial score (nSPS) is 27.7. The van der Waals surface area contributed by atoms with E-state index in [0.29, 0.717) is 0 Å². The highest BCUT2D eigenvalue weighted by molar-refractivity contribution is 6.30. The molecule has 0 spiro atoms. The molecule has 2 saturated carbocycles. The molecule has 3 rings (SSSR count). The van der Waals surface area contributed by atoms with Gasteiger partial charge in [0.1, 0.15) is 0 Å². The number of nitrogens with two attached hydrogens (primary N) is 1. The van der Waals surface area contributed by atoms with E-state index in [1.807, 2.05) is 31.2 Å². The van der Waals surface area contributed by atoms with Crippen LogP contribution in [0.3, 0.4) is 0 Å². The van der Waals surface area contributed by atoms with Gasteiger partial charge in [0.25, 0.3) is 0 Å². The zero-order valence-electron chi connectivity index (χ0n) is 9.83. The van der Waals surface area contributed by atoms with Crippen LogP contribution in [-0.4, -0.2) is 0 Å². The van der Waals surface area contributed by atoms with Crippen molar-refractivity contribution in [3.8, 4) is 0 Å². The van der Waals surface area contributed by atoms with Crippen molar-refractivity contribution in [2.24, 2.45) is 17.6 Å². The Labute approximate surface area is 103 Å². The van der Waals surface area contributed by atoms with E-state index in [1.165, 1.54) is 11.8 Å². The number of benzene rings is 1. The first-order chi connectivity index (χ1) is 7.66. The van der Waals surface area contributed by atoms with Gasteiger partial charge in [-0.3, -0.25) is 0 Å². The fourth-order valence-corrected chi connectivity index (χ4v) is 2.55. The van der Waals surface area contributed by atoms with E-state index in [4.69, 9.17) is 17.3 Å². The summed E-state index contributed by atoms with van der Waals surface area (Å²) in [5.74, 6) is 2.43. The van der Waals surface area contributed by atoms with Crippen molar-refractivity contribution in [2.45, 2.75) is 38.6 Å². The number of rotatable bonds is 1. The molecule has 2 aliphatic rings. The molecule has 88 valence electrons. The molecule has 0 amide bonds. The van der Waals surface area contributed by atoms with Gasteiger partial charge in [0.2, 0.25) is 0 Å². The molecule has 16 heavy (non-hydrogen) atoms. The third kappa shape index (κ3) is 2.78. The molecule has 1 nitrogen and oxygen atoms in total. The van der Waals surface area contributed by atoms with Gasteiger partial charge in [0.05, 0.1) is 0 Å². The van der Waals surface area contributed by atoms with Gasteiger partial charge in [-0.25, -0.2) is 0 Å². The van der Waals surface area contributed by atoms with E-state index in [-0.39, 0.29) is 6.04 Å². The van der Waals surface area contributed by atoms with E-state index < -0.39 is 0 Å². The molecular formula is C14H20ClN. The largest absolute Gasteiger partial charge is 0.324 e. The monoisotopic (exact) mass is 237 g/mol. The second kappa shape index (κ2) is 5.20. The van der Waals surface area contributed by atoms with Crippen LogP contribution in [0.1, 0.15) is 44.2 Å². The molecule has 1 aromatic carbocycles. The molecule has 2 heteroatoms. The molecule has 0 aromatic heterocycles. The van der Waals surface area contributed by atoms with E-state index in [2.05, 4.69) is 0 Å². The summed E-state index contributed by atoms with van der Waals surface area (Å²) in [6.45, 7) is 1.94. The summed E-state index contributed by atoms with van der Waals surface area (Å²) in [6, 6.07) is 7.66. The molecule has 2 aliphatic carbocycles. The molecule has 0 aliphatic heterocycles. The SMILES string of the molecule is C1CC2CCC12.CC(N)c1cccc(Cl)c1. The zero-order chi connectivity index (χ0) is 11.5. The Morgan fingerprint density at radius 3 is 2.00 bits per heavy atom. The maximum atomic E-state index is 5.73. The van der Waals surface area contributed by atoms with Crippen LogP contribution in [-0.2, 0) is 0 Å². The number of hydrogen-bond donors (Lipinski definition) is 1. The number of hydrogen-bond acceptors (Lipinski definition) is 1. The zero-order valence-corrected chi connectivity index (χ0v) is 10.6. The smallest absolute Gasteiger partial charge is 0.0409 e. The minimum Gasteiger partial charge on any atom is -0.324 e. The highest BCUT2D eigenvalue weighted by atomic mass is 35.5. The molecule has 1 atom stereocenters. The maximum absolute atomic E-state index is 5.73. The van der Waals surface area contributed by atoms with Crippen molar-refractivity contribution >= 4 is 11.6 Å². The Hall–Kier alpha value is -0.530. The first kappa shape index (κ1) is 11.9. The van der Waals surface area contributed by atoms with E-state index in [1.54, 1.807) is 25.7 Å². The summed E-state index contributed by atoms with van der Waals surface area (Å²) in [4.78, 5) is 0. The van der Waals surface area contributed by atoms with E-state index in [9.17, 15) is 0 Å². The van der Waals surface area contributed by atoms with Crippen LogP contribution in [0.2, 0.25) is 5.02 Å². The topological polar surface area (TPSA) is 26.0 Å². The second-order valence-corrected chi connectivity index (χ2v) is 5.45. The average molecular weight is 238 g/mol. The Kier molecular flexibility index (Phi) is 3.88. The molecule has 1 unspecified atom stereocenters. The summed E-state index contributed by atoms with van der Waals surface area (Å²) >= 11 is 5.73. The van der Waals surface area contributed by atoms with Gasteiger partial charge in [-0.2, -0.15) is 0 Å². The average Bonchev–Trinajstić information content (AvgIpc) is 2.24. The highest BCUT2D eigenvalue weighted by Gasteiger charge is 2.37. The van der Waals surface area contributed by atoms with Crippen molar-refractivity contribution in [1.29, 1.82) is 0 Å². The highest BCUT2D eigenvalue weighted by Crippen LogP contribution is 2.49. The van der Waals surface area contributed by atoms with E-state index >= 15 is 0 Å². The fraction of sp³-hybridized carbons (Fsp3) is 0.571. The van der Waals surface area contributed by atoms with Crippen LogP contribution < -0.4 is 5.73 Å². The molecule has 0 saturated heterocycles. The lowest BCUT2D eigenvalue weighted by atomic mass is 9.60. The van der Waals surface area contributed by atoms with Crippen molar-refractivity contribution in [1.82, 2.24) is 0 Å². The molecule has 0 bridgehead atoms. The molecule has 1 aromatic rings. The van der Waals surface area contributed by atoms with Crippen molar-refractivity contribution in [3.63, 3.8) is 0 Å². The predicted molar refractivity (Wildman–Crippen MR) is 69.5 cm³/mol. The quantitative estimate of drug-likeness (QED) is 0.780. The van der Waals surface area contributed by atoms with E-state index in [0.717, 1.165) is 10.6 Å². The van der Waals surface area contributed by atoms with Crippen LogP contribution in [0.4, 0.5) is 0 Å². The number of halogens is 1. The lowest BCUT2D eigenvalue weighted by Gasteiger charge is -2.46. The fourth-order valence-electron chi connectivity index (χ4n) is 2.35. The lowest BCUT2D eigenvalue weighted by Crippen LogP contribution is -2.34. The van der Waals surface area contributed by atoms with Crippen molar-refractivity contribution in [3.05, 3.63) is 34.9 Å². The van der Waals surface area contributed by atoms with Crippen LogP contribution in [0.5, 0.6) is 0 Å². The summed E-state index contributed by atoms with van der Waals surface area (Å²) < 4.78 is 0. The van der Waals surface area contributed by atoms with Crippen LogP contribution >= 0.6 is 11.6 Å². The Bertz CT molecular complexity index is 330. The molecule has 0 heterocycles. The third-order valence-corrected chi connectivity index (χ3v) is 4.09. The molecule has 2 fully saturated rings. The summed E-state index contributed by atoms with van der Waals surface area (Å²) in [5.41, 5.74) is 6.70. The molecular weight excluding hydrogens is 218 g/mol. The Balaban J connectivity index is 0.000000134. The first-order valence-electron chi connectivity index (χ1n) is 6.18. The van der Waals surface area contributed by atoms with Gasteiger partial charge in [-0.05, 0) is 62.1 Å². The van der Waals surface area contributed by atoms with Crippen LogP contribution in [0.15, 0.2) is 24.3 Å².